The maximum atomic E-state index is 12.9. The van der Waals surface area contributed by atoms with E-state index in [1.165, 1.54) is 0 Å². The summed E-state index contributed by atoms with van der Waals surface area (Å²) in [7, 11) is 0. The molecule has 15 nitrogen and oxygen atoms in total. The molecule has 3 aliphatic carbocycles. The molecule has 3 rings (SSSR count). The average Bonchev–Trinajstić information content (AvgIpc) is 3.06. The van der Waals surface area contributed by atoms with Gasteiger partial charge in [0.15, 0.2) is 0 Å². The van der Waals surface area contributed by atoms with Crippen molar-refractivity contribution >= 4 is 36.5 Å². The van der Waals surface area contributed by atoms with Crippen molar-refractivity contribution in [3.8, 4) is 0 Å². The zero-order chi connectivity index (χ0) is 35.1. The Kier molecular flexibility index (Phi) is 15.3. The second-order valence-electron chi connectivity index (χ2n) is 13.8. The highest BCUT2D eigenvalue weighted by Gasteiger charge is 2.37. The molecule has 9 atom stereocenters. The van der Waals surface area contributed by atoms with E-state index in [4.69, 9.17) is 14.2 Å². The van der Waals surface area contributed by atoms with Gasteiger partial charge in [-0.15, -0.1) is 0 Å². The molecule has 3 aliphatic rings. The number of hydrogen-bond acceptors (Lipinski definition) is 12. The summed E-state index contributed by atoms with van der Waals surface area (Å²) in [6.45, 7) is 7.15. The third-order valence-corrected chi connectivity index (χ3v) is 10.4. The van der Waals surface area contributed by atoms with Crippen LogP contribution in [0.4, 0.5) is 14.4 Å². The van der Waals surface area contributed by atoms with E-state index < -0.39 is 23.7 Å². The van der Waals surface area contributed by atoms with E-state index in [-0.39, 0.29) is 73.8 Å². The van der Waals surface area contributed by atoms with Gasteiger partial charge in [-0.05, 0) is 82.0 Å². The van der Waals surface area contributed by atoms with Gasteiger partial charge in [-0.25, -0.2) is 43.7 Å². The van der Waals surface area contributed by atoms with Crippen molar-refractivity contribution in [1.82, 2.24) is 16.0 Å². The minimum atomic E-state index is -1.08. The fourth-order valence-corrected chi connectivity index (χ4v) is 6.74. The maximum Gasteiger partial charge on any atom is 0.407 e. The Morgan fingerprint density at radius 3 is 1.12 bits per heavy atom. The number of amides is 3. The molecule has 0 aromatic carbocycles. The van der Waals surface area contributed by atoms with Crippen LogP contribution in [0.2, 0.25) is 0 Å². The Morgan fingerprint density at radius 2 is 0.875 bits per heavy atom. The van der Waals surface area contributed by atoms with Gasteiger partial charge in [0.05, 0.1) is 23.5 Å². The van der Waals surface area contributed by atoms with Crippen LogP contribution >= 0.6 is 0 Å². The molecule has 15 heteroatoms. The lowest BCUT2D eigenvalue weighted by molar-refractivity contribution is -0.0195. The molecule has 0 aromatic rings. The molecule has 9 unspecified atom stereocenters. The van der Waals surface area contributed by atoms with Crippen molar-refractivity contribution in [2.45, 2.75) is 128 Å². The number of rotatable bonds is 13. The van der Waals surface area contributed by atoms with E-state index in [1.54, 1.807) is 18.2 Å². The molecule has 3 fully saturated rings. The zero-order valence-corrected chi connectivity index (χ0v) is 28.4. The molecule has 3 N–H and O–H groups in total. The fourth-order valence-electron chi connectivity index (χ4n) is 6.74. The van der Waals surface area contributed by atoms with Crippen LogP contribution in [0.1, 0.15) is 91.9 Å². The molecular formula is C33H50N6O9. The Balaban J connectivity index is 1.62. The van der Waals surface area contributed by atoms with Crippen molar-refractivity contribution in [1.29, 1.82) is 0 Å². The number of nitrogens with one attached hydrogen (secondary N) is 3. The number of isocyanates is 3. The van der Waals surface area contributed by atoms with Gasteiger partial charge in [-0.3, -0.25) is 0 Å². The first kappa shape index (κ1) is 38.4. The van der Waals surface area contributed by atoms with Crippen LogP contribution in [0.5, 0.6) is 0 Å². The molecule has 0 spiro atoms. The quantitative estimate of drug-likeness (QED) is 0.145. The molecule has 0 aromatic heterocycles. The van der Waals surface area contributed by atoms with Crippen molar-refractivity contribution in [3.63, 3.8) is 0 Å². The predicted molar refractivity (Wildman–Crippen MR) is 172 cm³/mol. The minimum absolute atomic E-state index is 0.195. The summed E-state index contributed by atoms with van der Waals surface area (Å²) in [5, 5.41) is 8.50. The summed E-state index contributed by atoms with van der Waals surface area (Å²) in [6.07, 6.45) is 8.95. The van der Waals surface area contributed by atoms with Gasteiger partial charge < -0.3 is 30.2 Å². The number of aliphatic imine (C=N–C) groups is 3. The number of nitrogens with zero attached hydrogens (tertiary/aromatic N) is 3. The van der Waals surface area contributed by atoms with E-state index in [9.17, 15) is 28.8 Å². The van der Waals surface area contributed by atoms with Crippen molar-refractivity contribution in [2.75, 3.05) is 19.8 Å². The van der Waals surface area contributed by atoms with Crippen LogP contribution in [0.3, 0.4) is 0 Å². The number of alkyl carbamates (subject to hydrolysis) is 3. The van der Waals surface area contributed by atoms with Crippen LogP contribution in [0.25, 0.3) is 0 Å². The number of carbonyl (C=O) groups excluding carboxylic acids is 6. The third-order valence-electron chi connectivity index (χ3n) is 10.4. The Morgan fingerprint density at radius 1 is 0.583 bits per heavy atom. The number of carbonyl (C=O) groups is 3. The highest BCUT2D eigenvalue weighted by Crippen LogP contribution is 2.30. The van der Waals surface area contributed by atoms with Gasteiger partial charge in [-0.1, -0.05) is 27.7 Å². The van der Waals surface area contributed by atoms with E-state index in [1.807, 2.05) is 27.7 Å². The molecule has 266 valence electrons. The Hall–Kier alpha value is -4.05. The van der Waals surface area contributed by atoms with Crippen LogP contribution < -0.4 is 16.0 Å². The van der Waals surface area contributed by atoms with Gasteiger partial charge in [0.1, 0.15) is 19.8 Å². The molecule has 0 heterocycles. The van der Waals surface area contributed by atoms with Gasteiger partial charge in [0.25, 0.3) is 0 Å². The van der Waals surface area contributed by atoms with Crippen molar-refractivity contribution < 1.29 is 43.0 Å². The lowest BCUT2D eigenvalue weighted by atomic mass is 9.83. The van der Waals surface area contributed by atoms with E-state index in [2.05, 4.69) is 30.9 Å². The Bertz CT molecular complexity index is 1100. The second kappa shape index (κ2) is 19.1. The highest BCUT2D eigenvalue weighted by atomic mass is 16.6. The molecule has 48 heavy (non-hydrogen) atoms. The minimum Gasteiger partial charge on any atom is -0.449 e. The largest absolute Gasteiger partial charge is 0.449 e. The Labute approximate surface area is 281 Å². The first-order valence-corrected chi connectivity index (χ1v) is 17.0. The summed E-state index contributed by atoms with van der Waals surface area (Å²) in [5.41, 5.74) is -1.08. The van der Waals surface area contributed by atoms with E-state index >= 15 is 0 Å². The van der Waals surface area contributed by atoms with Gasteiger partial charge >= 0.3 is 18.3 Å². The molecule has 0 radical (unpaired) electrons. The molecule has 0 saturated heterocycles. The summed E-state index contributed by atoms with van der Waals surface area (Å²) >= 11 is 0. The smallest absolute Gasteiger partial charge is 0.407 e. The van der Waals surface area contributed by atoms with Crippen LogP contribution in [-0.2, 0) is 28.6 Å². The van der Waals surface area contributed by atoms with Crippen LogP contribution in [0.15, 0.2) is 15.0 Å². The lowest BCUT2D eigenvalue weighted by Crippen LogP contribution is -2.47. The van der Waals surface area contributed by atoms with Gasteiger partial charge in [-0.2, -0.15) is 0 Å². The van der Waals surface area contributed by atoms with Crippen molar-refractivity contribution in [3.05, 3.63) is 0 Å². The number of ether oxygens (including phenoxy) is 3. The second-order valence-corrected chi connectivity index (χ2v) is 13.8. The summed E-state index contributed by atoms with van der Waals surface area (Å²) in [4.78, 5) is 82.7. The first-order valence-electron chi connectivity index (χ1n) is 17.0. The van der Waals surface area contributed by atoms with Gasteiger partial charge in [0.2, 0.25) is 18.2 Å². The molecule has 0 bridgehead atoms. The summed E-state index contributed by atoms with van der Waals surface area (Å²) in [5.74, 6) is 0.586. The zero-order valence-electron chi connectivity index (χ0n) is 28.4. The van der Waals surface area contributed by atoms with Gasteiger partial charge in [0, 0.05) is 18.1 Å². The number of hydrogen-bond donors (Lipinski definition) is 3. The molecule has 3 amide bonds. The van der Waals surface area contributed by atoms with Crippen LogP contribution in [0, 0.1) is 23.2 Å². The summed E-state index contributed by atoms with van der Waals surface area (Å²) < 4.78 is 16.8. The molecule has 3 saturated carbocycles. The van der Waals surface area contributed by atoms with E-state index in [0.717, 1.165) is 19.3 Å². The average molecular weight is 675 g/mol. The predicted octanol–water partition coefficient (Wildman–Crippen LogP) is 4.24. The lowest BCUT2D eigenvalue weighted by Gasteiger charge is -2.34. The highest BCUT2D eigenvalue weighted by molar-refractivity contribution is 5.69. The SMILES string of the molecule is CCC(COC(=O)NC1CCC(C)C(N=C=O)C1)(COC(=O)NC1CCC(C)C(N=C=O)C1)COC(=O)NC1CCC(C)C(N=C=O)C1. The monoisotopic (exact) mass is 674 g/mol. The normalized spacial score (nSPS) is 31.1. The standard InChI is InChI=1S/C33H50N6O9/c1-5-33(15-46-30(43)37-24-9-6-21(2)27(12-24)34-18-40,16-47-31(44)38-25-10-7-22(3)28(13-25)35-19-41)17-48-32(45)39-26-11-8-23(4)29(14-26)36-20-42/h21-29H,5-17H2,1-4H3,(H,37,43)(H,38,44)(H,39,45). The third kappa shape index (κ3) is 11.9. The van der Waals surface area contributed by atoms with Crippen molar-refractivity contribution in [2.24, 2.45) is 38.1 Å². The molecule has 0 aliphatic heterocycles. The van der Waals surface area contributed by atoms with E-state index in [0.29, 0.717) is 44.9 Å². The first-order chi connectivity index (χ1) is 23.0. The van der Waals surface area contributed by atoms with Crippen LogP contribution in [-0.4, -0.2) is 92.6 Å². The molecular weight excluding hydrogens is 624 g/mol. The maximum absolute atomic E-state index is 12.9. The summed E-state index contributed by atoms with van der Waals surface area (Å²) in [6, 6.07) is -1.45. The fraction of sp³-hybridized carbons (Fsp3) is 0.818. The topological polar surface area (TPSA) is 203 Å².